The quantitative estimate of drug-likeness (QED) is 0.369. The van der Waals surface area contributed by atoms with Crippen LogP contribution in [0.5, 0.6) is 0 Å². The van der Waals surface area contributed by atoms with Crippen molar-refractivity contribution in [3.63, 3.8) is 0 Å². The van der Waals surface area contributed by atoms with Crippen molar-refractivity contribution in [3.8, 4) is 12.3 Å². The van der Waals surface area contributed by atoms with Crippen molar-refractivity contribution in [1.82, 2.24) is 0 Å². The van der Waals surface area contributed by atoms with Crippen LogP contribution in [0.15, 0.2) is 0 Å². The number of terminal acetylenes is 1. The first kappa shape index (κ1) is 10.1. The van der Waals surface area contributed by atoms with Gasteiger partial charge in [0.2, 0.25) is 0 Å². The number of rotatable bonds is 6. The zero-order valence-corrected chi connectivity index (χ0v) is 9.15. The normalized spacial score (nSPS) is 18.7. The van der Waals surface area contributed by atoms with Crippen LogP contribution in [-0.2, 0) is 0 Å². The lowest BCUT2D eigenvalue weighted by Crippen LogP contribution is -1.99. The molecule has 1 aliphatic rings. The summed E-state index contributed by atoms with van der Waals surface area (Å²) in [6, 6.07) is 0. The van der Waals surface area contributed by atoms with Gasteiger partial charge in [-0.25, -0.2) is 0 Å². The third kappa shape index (κ3) is 4.16. The van der Waals surface area contributed by atoms with E-state index in [-0.39, 0.29) is 0 Å². The monoisotopic (exact) mass is 228 g/mol. The van der Waals surface area contributed by atoms with Crippen LogP contribution in [0.2, 0.25) is 0 Å². The van der Waals surface area contributed by atoms with Gasteiger partial charge in [-0.1, -0.05) is 28.8 Å². The Morgan fingerprint density at radius 1 is 1.33 bits per heavy atom. The van der Waals surface area contributed by atoms with E-state index < -0.39 is 0 Å². The molecule has 1 rings (SSSR count). The van der Waals surface area contributed by atoms with Crippen molar-refractivity contribution < 1.29 is 0 Å². The molecule has 68 valence electrons. The second-order valence-electron chi connectivity index (χ2n) is 3.66. The highest BCUT2D eigenvalue weighted by atomic mass is 79.9. The average Bonchev–Trinajstić information content (AvgIpc) is 2.86. The van der Waals surface area contributed by atoms with Crippen molar-refractivity contribution in [2.24, 2.45) is 5.92 Å². The van der Waals surface area contributed by atoms with Gasteiger partial charge in [-0.3, -0.25) is 0 Å². The highest BCUT2D eigenvalue weighted by molar-refractivity contribution is 9.09. The standard InChI is InChI=1S/C11H17Br/c1-2-3-4-5-6-7-11(12)10-8-9-10/h1,10-11H,3-9H2. The van der Waals surface area contributed by atoms with Gasteiger partial charge in [-0.2, -0.15) is 0 Å². The highest BCUT2D eigenvalue weighted by Gasteiger charge is 2.28. The first-order chi connectivity index (χ1) is 5.84. The predicted octanol–water partition coefficient (Wildman–Crippen LogP) is 3.74. The number of alkyl halides is 1. The molecule has 12 heavy (non-hydrogen) atoms. The Morgan fingerprint density at radius 2 is 2.08 bits per heavy atom. The first-order valence-electron chi connectivity index (χ1n) is 4.92. The van der Waals surface area contributed by atoms with Crippen molar-refractivity contribution in [1.29, 1.82) is 0 Å². The third-order valence-corrected chi connectivity index (χ3v) is 3.64. The Balaban J connectivity index is 1.85. The van der Waals surface area contributed by atoms with E-state index in [2.05, 4.69) is 21.9 Å². The zero-order chi connectivity index (χ0) is 8.81. The van der Waals surface area contributed by atoms with Crippen LogP contribution in [-0.4, -0.2) is 4.83 Å². The topological polar surface area (TPSA) is 0 Å². The van der Waals surface area contributed by atoms with Gasteiger partial charge in [0.15, 0.2) is 0 Å². The lowest BCUT2D eigenvalue weighted by molar-refractivity contribution is 0.607. The third-order valence-electron chi connectivity index (χ3n) is 2.43. The van der Waals surface area contributed by atoms with Crippen LogP contribution in [0.1, 0.15) is 44.9 Å². The fraction of sp³-hybridized carbons (Fsp3) is 0.818. The van der Waals surface area contributed by atoms with Crippen molar-refractivity contribution in [2.45, 2.75) is 49.8 Å². The van der Waals surface area contributed by atoms with Crippen LogP contribution >= 0.6 is 15.9 Å². The maximum Gasteiger partial charge on any atom is 0.0174 e. The number of hydrogen-bond donors (Lipinski definition) is 0. The Bertz CT molecular complexity index is 153. The molecule has 0 saturated heterocycles. The minimum Gasteiger partial charge on any atom is -0.120 e. The highest BCUT2D eigenvalue weighted by Crippen LogP contribution is 2.38. The second kappa shape index (κ2) is 5.65. The molecule has 1 atom stereocenters. The van der Waals surface area contributed by atoms with Gasteiger partial charge in [-0.15, -0.1) is 12.3 Å². The molecule has 0 amide bonds. The summed E-state index contributed by atoms with van der Waals surface area (Å²) in [6.45, 7) is 0. The van der Waals surface area contributed by atoms with Crippen LogP contribution in [0.3, 0.4) is 0 Å². The molecule has 0 bridgehead atoms. The molecule has 0 spiro atoms. The summed E-state index contributed by atoms with van der Waals surface area (Å²) in [4.78, 5) is 0.795. The van der Waals surface area contributed by atoms with Gasteiger partial charge in [-0.05, 0) is 31.6 Å². The molecular formula is C11H17Br. The van der Waals surface area contributed by atoms with Crippen LogP contribution in [0.4, 0.5) is 0 Å². The van der Waals surface area contributed by atoms with E-state index in [1.54, 1.807) is 0 Å². The van der Waals surface area contributed by atoms with Gasteiger partial charge < -0.3 is 0 Å². The summed E-state index contributed by atoms with van der Waals surface area (Å²) in [5.41, 5.74) is 0. The Morgan fingerprint density at radius 3 is 2.67 bits per heavy atom. The van der Waals surface area contributed by atoms with Gasteiger partial charge >= 0.3 is 0 Å². The second-order valence-corrected chi connectivity index (χ2v) is 4.83. The Labute approximate surface area is 84.2 Å². The SMILES string of the molecule is C#CCCCCCC(Br)C1CC1. The molecule has 1 saturated carbocycles. The van der Waals surface area contributed by atoms with Crippen molar-refractivity contribution in [2.75, 3.05) is 0 Å². The smallest absolute Gasteiger partial charge is 0.0174 e. The molecule has 1 unspecified atom stereocenters. The summed E-state index contributed by atoms with van der Waals surface area (Å²) >= 11 is 3.73. The molecule has 0 N–H and O–H groups in total. The van der Waals surface area contributed by atoms with Crippen LogP contribution in [0, 0.1) is 18.3 Å². The van der Waals surface area contributed by atoms with E-state index in [0.29, 0.717) is 0 Å². The van der Waals surface area contributed by atoms with E-state index in [0.717, 1.165) is 17.2 Å². The molecule has 0 aromatic rings. The lowest BCUT2D eigenvalue weighted by Gasteiger charge is -2.06. The van der Waals surface area contributed by atoms with E-state index in [4.69, 9.17) is 6.42 Å². The lowest BCUT2D eigenvalue weighted by atomic mass is 10.1. The maximum absolute atomic E-state index is 5.17. The van der Waals surface area contributed by atoms with E-state index in [1.807, 2.05) is 0 Å². The molecule has 0 aromatic heterocycles. The largest absolute Gasteiger partial charge is 0.120 e. The number of halogens is 1. The van der Waals surface area contributed by atoms with Gasteiger partial charge in [0.1, 0.15) is 0 Å². The van der Waals surface area contributed by atoms with Crippen LogP contribution in [0.25, 0.3) is 0 Å². The average molecular weight is 229 g/mol. The fourth-order valence-electron chi connectivity index (χ4n) is 1.44. The molecule has 1 fully saturated rings. The molecule has 0 aromatic carbocycles. The molecule has 1 heteroatoms. The predicted molar refractivity (Wildman–Crippen MR) is 57.4 cm³/mol. The molecule has 0 heterocycles. The Kier molecular flexibility index (Phi) is 4.76. The first-order valence-corrected chi connectivity index (χ1v) is 5.83. The van der Waals surface area contributed by atoms with E-state index >= 15 is 0 Å². The van der Waals surface area contributed by atoms with Crippen LogP contribution < -0.4 is 0 Å². The zero-order valence-electron chi connectivity index (χ0n) is 7.56. The molecule has 0 nitrogen and oxygen atoms in total. The fourth-order valence-corrected chi connectivity index (χ4v) is 2.29. The van der Waals surface area contributed by atoms with Gasteiger partial charge in [0.05, 0.1) is 0 Å². The maximum atomic E-state index is 5.17. The molecule has 0 radical (unpaired) electrons. The summed E-state index contributed by atoms with van der Waals surface area (Å²) < 4.78 is 0. The van der Waals surface area contributed by atoms with E-state index in [1.165, 1.54) is 38.5 Å². The Hall–Kier alpha value is 0.0400. The van der Waals surface area contributed by atoms with Gasteiger partial charge in [0.25, 0.3) is 0 Å². The minimum absolute atomic E-state index is 0.795. The minimum atomic E-state index is 0.795. The number of hydrogen-bond acceptors (Lipinski definition) is 0. The summed E-state index contributed by atoms with van der Waals surface area (Å²) in [5, 5.41) is 0. The van der Waals surface area contributed by atoms with E-state index in [9.17, 15) is 0 Å². The van der Waals surface area contributed by atoms with Gasteiger partial charge in [0, 0.05) is 11.2 Å². The number of unbranched alkanes of at least 4 members (excludes halogenated alkanes) is 3. The molecule has 1 aliphatic carbocycles. The molecule has 0 aliphatic heterocycles. The molecular weight excluding hydrogens is 212 g/mol. The van der Waals surface area contributed by atoms with Crippen molar-refractivity contribution >= 4 is 15.9 Å². The van der Waals surface area contributed by atoms with Crippen molar-refractivity contribution in [3.05, 3.63) is 0 Å². The summed E-state index contributed by atoms with van der Waals surface area (Å²) in [5.74, 6) is 3.68. The summed E-state index contributed by atoms with van der Waals surface area (Å²) in [6.07, 6.45) is 14.2. The summed E-state index contributed by atoms with van der Waals surface area (Å²) in [7, 11) is 0.